The molecule has 0 aliphatic heterocycles. The average Bonchev–Trinajstić information content (AvgIpc) is 2.66. The van der Waals surface area contributed by atoms with Crippen molar-refractivity contribution < 1.29 is 14.3 Å². The van der Waals surface area contributed by atoms with E-state index in [1.54, 1.807) is 19.9 Å². The van der Waals surface area contributed by atoms with Crippen LogP contribution in [0.5, 0.6) is 0 Å². The first-order valence-corrected chi connectivity index (χ1v) is 10.3. The zero-order chi connectivity index (χ0) is 21.7. The van der Waals surface area contributed by atoms with Crippen LogP contribution in [0.1, 0.15) is 79.2 Å². The van der Waals surface area contributed by atoms with Gasteiger partial charge in [-0.05, 0) is 57.2 Å². The monoisotopic (exact) mass is 398 g/mol. The molecule has 5 heteroatoms. The molecule has 1 atom stereocenters. The Morgan fingerprint density at radius 2 is 1.93 bits per heavy atom. The van der Waals surface area contributed by atoms with Gasteiger partial charge in [-0.15, -0.1) is 0 Å². The van der Waals surface area contributed by atoms with Crippen LogP contribution in [0.3, 0.4) is 0 Å². The number of unbranched alkanes of at least 4 members (excludes halogenated alkanes) is 1. The molecule has 0 radical (unpaired) electrons. The topological polar surface area (TPSA) is 63.1 Å². The van der Waals surface area contributed by atoms with Gasteiger partial charge in [0.2, 0.25) is 0 Å². The van der Waals surface area contributed by atoms with Gasteiger partial charge in [-0.1, -0.05) is 39.3 Å². The fourth-order valence-corrected chi connectivity index (χ4v) is 3.99. The Bertz CT molecular complexity index is 922. The molecule has 0 aliphatic carbocycles. The highest BCUT2D eigenvalue weighted by Crippen LogP contribution is 2.37. The highest BCUT2D eigenvalue weighted by Gasteiger charge is 2.28. The summed E-state index contributed by atoms with van der Waals surface area (Å²) in [7, 11) is 0. The fourth-order valence-electron chi connectivity index (χ4n) is 3.99. The van der Waals surface area contributed by atoms with Gasteiger partial charge in [0.1, 0.15) is 11.6 Å². The van der Waals surface area contributed by atoms with Crippen molar-refractivity contribution in [2.24, 2.45) is 0 Å². The molecule has 0 aliphatic rings. The van der Waals surface area contributed by atoms with Crippen LogP contribution in [0.4, 0.5) is 4.39 Å². The zero-order valence-electron chi connectivity index (χ0n) is 18.1. The van der Waals surface area contributed by atoms with Crippen LogP contribution in [-0.4, -0.2) is 21.0 Å². The molecule has 0 spiro atoms. The van der Waals surface area contributed by atoms with Crippen LogP contribution in [0.15, 0.2) is 12.6 Å². The molecule has 1 aromatic heterocycles. The summed E-state index contributed by atoms with van der Waals surface area (Å²) < 4.78 is 15.0. The highest BCUT2D eigenvalue weighted by molar-refractivity contribution is 5.82. The third kappa shape index (κ3) is 4.72. The van der Waals surface area contributed by atoms with Crippen molar-refractivity contribution >= 4 is 12.0 Å². The number of nitrogens with zero attached hydrogens (tertiary/aromatic N) is 2. The minimum absolute atomic E-state index is 0.353. The summed E-state index contributed by atoms with van der Waals surface area (Å²) in [6, 6.07) is 1.47. The van der Waals surface area contributed by atoms with Crippen molar-refractivity contribution in [3.05, 3.63) is 52.2 Å². The van der Waals surface area contributed by atoms with Crippen molar-refractivity contribution in [3.63, 3.8) is 0 Å². The van der Waals surface area contributed by atoms with Crippen molar-refractivity contribution in [1.82, 2.24) is 9.97 Å². The molecular weight excluding hydrogens is 367 g/mol. The van der Waals surface area contributed by atoms with Gasteiger partial charge in [-0.3, -0.25) is 4.79 Å². The van der Waals surface area contributed by atoms with Crippen molar-refractivity contribution in [3.8, 4) is 11.3 Å². The Morgan fingerprint density at radius 3 is 2.48 bits per heavy atom. The largest absolute Gasteiger partial charge is 0.481 e. The Labute approximate surface area is 172 Å². The predicted octanol–water partition coefficient (Wildman–Crippen LogP) is 6.16. The second kappa shape index (κ2) is 9.77. The van der Waals surface area contributed by atoms with E-state index in [1.165, 1.54) is 6.07 Å². The summed E-state index contributed by atoms with van der Waals surface area (Å²) in [5, 5.41) is 9.86. The number of aryl methyl sites for hydroxylation is 2. The number of hydrogen-bond acceptors (Lipinski definition) is 3. The minimum atomic E-state index is -0.907. The van der Waals surface area contributed by atoms with Gasteiger partial charge < -0.3 is 5.11 Å². The Balaban J connectivity index is 2.85. The molecule has 1 N–H and O–H groups in total. The maximum absolute atomic E-state index is 15.0. The summed E-state index contributed by atoms with van der Waals surface area (Å²) >= 11 is 0. The zero-order valence-corrected chi connectivity index (χ0v) is 18.1. The average molecular weight is 399 g/mol. The van der Waals surface area contributed by atoms with Crippen molar-refractivity contribution in [2.45, 2.75) is 72.6 Å². The second-order valence-electron chi connectivity index (χ2n) is 7.53. The number of hydrogen-bond donors (Lipinski definition) is 1. The van der Waals surface area contributed by atoms with E-state index in [9.17, 15) is 9.90 Å². The molecule has 0 saturated carbocycles. The molecule has 2 aromatic rings. The SMILES string of the molecule is C=Cc1c(F)cc(-c2nc(C)nc(C)c2C(CCC)C(=O)O)c(C)c1CCCC. The number of carbonyl (C=O) groups is 1. The number of halogens is 1. The number of aromatic nitrogens is 2. The molecule has 156 valence electrons. The second-order valence-corrected chi connectivity index (χ2v) is 7.53. The molecule has 0 saturated heterocycles. The maximum atomic E-state index is 15.0. The van der Waals surface area contributed by atoms with E-state index in [1.807, 2.05) is 13.8 Å². The van der Waals surface area contributed by atoms with Crippen LogP contribution in [0.25, 0.3) is 17.3 Å². The van der Waals surface area contributed by atoms with Gasteiger partial charge in [0.25, 0.3) is 0 Å². The molecule has 1 heterocycles. The van der Waals surface area contributed by atoms with Crippen LogP contribution in [-0.2, 0) is 11.2 Å². The minimum Gasteiger partial charge on any atom is -0.481 e. The van der Waals surface area contributed by atoms with E-state index >= 15 is 4.39 Å². The molecule has 29 heavy (non-hydrogen) atoms. The molecule has 0 bridgehead atoms. The lowest BCUT2D eigenvalue weighted by Gasteiger charge is -2.21. The van der Waals surface area contributed by atoms with E-state index in [-0.39, 0.29) is 5.82 Å². The fraction of sp³-hybridized carbons (Fsp3) is 0.458. The molecule has 1 unspecified atom stereocenters. The number of benzene rings is 1. The van der Waals surface area contributed by atoms with E-state index in [4.69, 9.17) is 0 Å². The molecule has 2 rings (SSSR count). The molecule has 4 nitrogen and oxygen atoms in total. The summed E-state index contributed by atoms with van der Waals surface area (Å²) in [6.07, 6.45) is 5.43. The van der Waals surface area contributed by atoms with Gasteiger partial charge in [0.15, 0.2) is 0 Å². The van der Waals surface area contributed by atoms with E-state index in [0.29, 0.717) is 46.7 Å². The van der Waals surface area contributed by atoms with Crippen LogP contribution in [0, 0.1) is 26.6 Å². The first kappa shape index (κ1) is 22.7. The number of rotatable bonds is 9. The van der Waals surface area contributed by atoms with Crippen LogP contribution in [0.2, 0.25) is 0 Å². The van der Waals surface area contributed by atoms with E-state index in [0.717, 1.165) is 30.4 Å². The van der Waals surface area contributed by atoms with Crippen LogP contribution < -0.4 is 0 Å². The lowest BCUT2D eigenvalue weighted by Crippen LogP contribution is -2.17. The molecule has 1 aromatic carbocycles. The van der Waals surface area contributed by atoms with Crippen molar-refractivity contribution in [2.75, 3.05) is 0 Å². The van der Waals surface area contributed by atoms with E-state index in [2.05, 4.69) is 23.5 Å². The van der Waals surface area contributed by atoms with Gasteiger partial charge >= 0.3 is 5.97 Å². The van der Waals surface area contributed by atoms with Gasteiger partial charge in [-0.2, -0.15) is 0 Å². The van der Waals surface area contributed by atoms with E-state index < -0.39 is 11.9 Å². The van der Waals surface area contributed by atoms with Gasteiger partial charge in [0.05, 0.1) is 11.6 Å². The summed E-state index contributed by atoms with van der Waals surface area (Å²) in [5.74, 6) is -1.44. The lowest BCUT2D eigenvalue weighted by molar-refractivity contribution is -0.139. The molecular formula is C24H31FN2O2. The Hall–Kier alpha value is -2.56. The summed E-state index contributed by atoms with van der Waals surface area (Å²) in [5.41, 5.74) is 4.75. The maximum Gasteiger partial charge on any atom is 0.311 e. The first-order valence-electron chi connectivity index (χ1n) is 10.3. The first-order chi connectivity index (χ1) is 13.8. The number of aliphatic carboxylic acids is 1. The standard InChI is InChI=1S/C24H31FN2O2/c1-7-10-12-18-14(4)20(13-21(25)17(18)9-3)23-22(15(5)26-16(6)27-23)19(11-8-2)24(28)29/h9,13,19H,3,7-8,10-12H2,1-2,4-6H3,(H,28,29). The van der Waals surface area contributed by atoms with Gasteiger partial charge in [0, 0.05) is 22.4 Å². The third-order valence-corrected chi connectivity index (χ3v) is 5.42. The Morgan fingerprint density at radius 1 is 1.24 bits per heavy atom. The predicted molar refractivity (Wildman–Crippen MR) is 116 cm³/mol. The number of carboxylic acids is 1. The summed E-state index contributed by atoms with van der Waals surface area (Å²) in [4.78, 5) is 21.0. The smallest absolute Gasteiger partial charge is 0.311 e. The highest BCUT2D eigenvalue weighted by atomic mass is 19.1. The van der Waals surface area contributed by atoms with Gasteiger partial charge in [-0.25, -0.2) is 14.4 Å². The number of carboxylic acid groups (broad SMARTS) is 1. The quantitative estimate of drug-likeness (QED) is 0.549. The molecule has 0 amide bonds. The van der Waals surface area contributed by atoms with Crippen LogP contribution >= 0.6 is 0 Å². The normalized spacial score (nSPS) is 12.1. The van der Waals surface area contributed by atoms with Crippen molar-refractivity contribution in [1.29, 1.82) is 0 Å². The lowest BCUT2D eigenvalue weighted by atomic mass is 9.85. The molecule has 0 fully saturated rings. The third-order valence-electron chi connectivity index (χ3n) is 5.42. The summed E-state index contributed by atoms with van der Waals surface area (Å²) in [6.45, 7) is 13.4. The Kier molecular flexibility index (Phi) is 7.66.